The van der Waals surface area contributed by atoms with Crippen molar-refractivity contribution in [2.24, 2.45) is 5.73 Å². The average molecular weight is 672 g/mol. The van der Waals surface area contributed by atoms with Crippen molar-refractivity contribution in [1.29, 1.82) is 0 Å². The molecule has 5 rings (SSSR count). The van der Waals surface area contributed by atoms with Gasteiger partial charge in [0.2, 0.25) is 17.6 Å². The average Bonchev–Trinajstić information content (AvgIpc) is 3.66. The van der Waals surface area contributed by atoms with Crippen LogP contribution in [0, 0.1) is 0 Å². The fourth-order valence-corrected chi connectivity index (χ4v) is 5.92. The fourth-order valence-electron chi connectivity index (χ4n) is 5.32. The van der Waals surface area contributed by atoms with Crippen molar-refractivity contribution in [2.45, 2.75) is 56.9 Å². The molecule has 1 fully saturated rings. The van der Waals surface area contributed by atoms with E-state index in [1.807, 2.05) is 12.1 Å². The zero-order chi connectivity index (χ0) is 31.9. The van der Waals surface area contributed by atoms with E-state index in [0.29, 0.717) is 57.5 Å². The number of rotatable bonds is 13. The lowest BCUT2D eigenvalue weighted by molar-refractivity contribution is -0.138. The molecule has 12 heteroatoms. The van der Waals surface area contributed by atoms with Gasteiger partial charge in [0, 0.05) is 28.0 Å². The number of carbonyl (C=O) groups is 3. The Balaban J connectivity index is 1.35. The molecule has 1 aromatic heterocycles. The zero-order valence-corrected chi connectivity index (χ0v) is 26.7. The summed E-state index contributed by atoms with van der Waals surface area (Å²) in [5.74, 6) is -1.31. The van der Waals surface area contributed by atoms with E-state index >= 15 is 0 Å². The van der Waals surface area contributed by atoms with Crippen LogP contribution in [-0.4, -0.2) is 58.8 Å². The Morgan fingerprint density at radius 3 is 2.51 bits per heavy atom. The Labute approximate surface area is 276 Å². The minimum Gasteiger partial charge on any atom is -0.434 e. The van der Waals surface area contributed by atoms with Crippen molar-refractivity contribution in [2.75, 3.05) is 13.1 Å². The molecule has 3 aromatic carbocycles. The van der Waals surface area contributed by atoms with Gasteiger partial charge in [0.1, 0.15) is 11.6 Å². The Morgan fingerprint density at radius 2 is 1.78 bits per heavy atom. The number of fused-ring (bicyclic) bond motifs is 1. The predicted molar refractivity (Wildman–Crippen MR) is 173 cm³/mol. The number of hydrogen-bond acceptors (Lipinski definition) is 7. The number of halogens is 3. The van der Waals surface area contributed by atoms with E-state index in [9.17, 15) is 14.4 Å². The summed E-state index contributed by atoms with van der Waals surface area (Å²) in [7, 11) is 0. The van der Waals surface area contributed by atoms with Crippen LogP contribution in [0.3, 0.4) is 0 Å². The molecule has 3 N–H and O–H groups in total. The lowest BCUT2D eigenvalue weighted by Gasteiger charge is -2.26. The van der Waals surface area contributed by atoms with Gasteiger partial charge in [0.05, 0.1) is 25.2 Å². The van der Waals surface area contributed by atoms with Crippen molar-refractivity contribution >= 4 is 63.5 Å². The standard InChI is InChI=1S/C33H33Cl3N4O5/c34-22-11-8-20(9-12-22)19-44-24-17-28(40(18-24)30(41)15-21-10-13-23(35)16-25(21)36)32(43)38-27(6-3-4-14-37)31(42)33-39-26-5-1-2-7-29(26)45-33/h1-2,5,7-13,16,24,27-28H,3-4,6,14-15,17-19,37H2,(H,38,43)/t24-,27+,28+/m1/s1. The summed E-state index contributed by atoms with van der Waals surface area (Å²) in [5, 5.41) is 4.32. The van der Waals surface area contributed by atoms with Crippen molar-refractivity contribution in [3.05, 3.63) is 98.8 Å². The number of unbranched alkanes of at least 4 members (excludes halogenated alkanes) is 1. The van der Waals surface area contributed by atoms with Gasteiger partial charge in [-0.15, -0.1) is 0 Å². The Bertz CT molecular complexity index is 1630. The monoisotopic (exact) mass is 670 g/mol. The van der Waals surface area contributed by atoms with E-state index in [1.54, 1.807) is 54.6 Å². The summed E-state index contributed by atoms with van der Waals surface area (Å²) in [6.45, 7) is 0.911. The first-order valence-corrected chi connectivity index (χ1v) is 15.8. The molecule has 1 saturated heterocycles. The quantitative estimate of drug-likeness (QED) is 0.132. The number of Topliss-reactive ketones (excluding diaryl/α,β-unsaturated/α-hetero) is 1. The number of likely N-dealkylation sites (tertiary alicyclic amines) is 1. The van der Waals surface area contributed by atoms with E-state index < -0.39 is 29.9 Å². The number of hydrogen-bond donors (Lipinski definition) is 2. The van der Waals surface area contributed by atoms with Crippen LogP contribution in [0.15, 0.2) is 71.1 Å². The number of amides is 2. The molecule has 2 amide bonds. The molecule has 4 aromatic rings. The summed E-state index contributed by atoms with van der Waals surface area (Å²) in [6.07, 6.45) is 1.38. The number of nitrogens with zero attached hydrogens (tertiary/aromatic N) is 2. The number of nitrogens with one attached hydrogen (secondary N) is 1. The summed E-state index contributed by atoms with van der Waals surface area (Å²) < 4.78 is 11.9. The second-order valence-electron chi connectivity index (χ2n) is 11.0. The molecule has 0 spiro atoms. The number of benzene rings is 3. The van der Waals surface area contributed by atoms with Gasteiger partial charge in [-0.3, -0.25) is 14.4 Å². The smallest absolute Gasteiger partial charge is 0.266 e. The summed E-state index contributed by atoms with van der Waals surface area (Å²) >= 11 is 18.4. The van der Waals surface area contributed by atoms with Crippen LogP contribution in [0.4, 0.5) is 0 Å². The molecule has 1 aliphatic rings. The number of aromatic nitrogens is 1. The van der Waals surface area contributed by atoms with Crippen molar-refractivity contribution in [3.63, 3.8) is 0 Å². The lowest BCUT2D eigenvalue weighted by Crippen LogP contribution is -2.51. The van der Waals surface area contributed by atoms with Crippen LogP contribution in [0.1, 0.15) is 47.5 Å². The summed E-state index contributed by atoms with van der Waals surface area (Å²) in [4.78, 5) is 47.0. The number of oxazole rings is 1. The molecule has 236 valence electrons. The van der Waals surface area contributed by atoms with Crippen molar-refractivity contribution in [3.8, 4) is 0 Å². The number of para-hydroxylation sites is 2. The molecular formula is C33H33Cl3N4O5. The zero-order valence-electron chi connectivity index (χ0n) is 24.4. The SMILES string of the molecule is NCCCC[C@H](NC(=O)[C@@H]1C[C@@H](OCc2ccc(Cl)cc2)CN1C(=O)Cc1ccc(Cl)cc1Cl)C(=O)c1nc2ccccc2o1. The highest BCUT2D eigenvalue weighted by molar-refractivity contribution is 6.35. The molecule has 3 atom stereocenters. The minimum absolute atomic E-state index is 0.0363. The van der Waals surface area contributed by atoms with Crippen LogP contribution in [-0.2, 0) is 27.4 Å². The maximum Gasteiger partial charge on any atom is 0.266 e. The van der Waals surface area contributed by atoms with Crippen LogP contribution >= 0.6 is 34.8 Å². The molecular weight excluding hydrogens is 639 g/mol. The number of ether oxygens (including phenoxy) is 1. The molecule has 0 radical (unpaired) electrons. The van der Waals surface area contributed by atoms with Crippen LogP contribution in [0.2, 0.25) is 15.1 Å². The van der Waals surface area contributed by atoms with Gasteiger partial charge in [-0.2, -0.15) is 0 Å². The molecule has 0 saturated carbocycles. The molecule has 2 heterocycles. The maximum absolute atomic E-state index is 13.9. The van der Waals surface area contributed by atoms with Crippen LogP contribution < -0.4 is 11.1 Å². The first-order valence-electron chi connectivity index (χ1n) is 14.7. The summed E-state index contributed by atoms with van der Waals surface area (Å²) in [5.41, 5.74) is 8.20. The molecule has 45 heavy (non-hydrogen) atoms. The van der Waals surface area contributed by atoms with Crippen molar-refractivity contribution in [1.82, 2.24) is 15.2 Å². The van der Waals surface area contributed by atoms with Gasteiger partial charge in [-0.05, 0) is 73.3 Å². The topological polar surface area (TPSA) is 128 Å². The number of nitrogens with two attached hydrogens (primary N) is 1. The van der Waals surface area contributed by atoms with E-state index in [0.717, 1.165) is 5.56 Å². The Morgan fingerprint density at radius 1 is 1.02 bits per heavy atom. The first kappa shape index (κ1) is 32.9. The predicted octanol–water partition coefficient (Wildman–Crippen LogP) is 6.01. The molecule has 0 unspecified atom stereocenters. The van der Waals surface area contributed by atoms with Crippen molar-refractivity contribution < 1.29 is 23.5 Å². The molecule has 0 aliphatic carbocycles. The highest BCUT2D eigenvalue weighted by Gasteiger charge is 2.41. The minimum atomic E-state index is -0.922. The van der Waals surface area contributed by atoms with Gasteiger partial charge in [-0.1, -0.05) is 65.1 Å². The Kier molecular flexibility index (Phi) is 11.1. The van der Waals surface area contributed by atoms with Crippen LogP contribution in [0.25, 0.3) is 11.1 Å². The highest BCUT2D eigenvalue weighted by atomic mass is 35.5. The van der Waals surface area contributed by atoms with Gasteiger partial charge >= 0.3 is 0 Å². The molecule has 0 bridgehead atoms. The normalized spacial score (nSPS) is 17.0. The lowest BCUT2D eigenvalue weighted by atomic mass is 10.0. The Hall–Kier alpha value is -3.47. The van der Waals surface area contributed by atoms with Crippen LogP contribution in [0.5, 0.6) is 0 Å². The van der Waals surface area contributed by atoms with Gasteiger partial charge in [0.25, 0.3) is 5.89 Å². The van der Waals surface area contributed by atoms with Gasteiger partial charge < -0.3 is 25.1 Å². The van der Waals surface area contributed by atoms with E-state index in [2.05, 4.69) is 10.3 Å². The van der Waals surface area contributed by atoms with E-state index in [4.69, 9.17) is 49.7 Å². The maximum atomic E-state index is 13.9. The summed E-state index contributed by atoms with van der Waals surface area (Å²) in [6, 6.07) is 17.4. The largest absolute Gasteiger partial charge is 0.434 e. The fraction of sp³-hybridized carbons (Fsp3) is 0.333. The van der Waals surface area contributed by atoms with E-state index in [-0.39, 0.29) is 37.8 Å². The van der Waals surface area contributed by atoms with E-state index in [1.165, 1.54) is 4.90 Å². The molecule has 1 aliphatic heterocycles. The first-order chi connectivity index (χ1) is 21.7. The third-order valence-corrected chi connectivity index (χ3v) is 8.56. The van der Waals surface area contributed by atoms with Gasteiger partial charge in [-0.25, -0.2) is 4.98 Å². The third kappa shape index (κ3) is 8.42. The second-order valence-corrected chi connectivity index (χ2v) is 12.2. The second kappa shape index (κ2) is 15.2. The highest BCUT2D eigenvalue weighted by Crippen LogP contribution is 2.27. The molecule has 9 nitrogen and oxygen atoms in total. The third-order valence-electron chi connectivity index (χ3n) is 7.73. The van der Waals surface area contributed by atoms with Gasteiger partial charge in [0.15, 0.2) is 5.58 Å². The number of carbonyl (C=O) groups excluding carboxylic acids is 3. The number of ketones is 1.